The van der Waals surface area contributed by atoms with Gasteiger partial charge in [-0.15, -0.1) is 11.3 Å². The fourth-order valence-electron chi connectivity index (χ4n) is 1.09. The molecule has 0 fully saturated rings. The second-order valence-electron chi connectivity index (χ2n) is 4.17. The topological polar surface area (TPSA) is 23.8 Å². The molecule has 0 saturated carbocycles. The molecule has 0 saturated heterocycles. The van der Waals surface area contributed by atoms with Crippen LogP contribution in [0.3, 0.4) is 0 Å². The van der Waals surface area contributed by atoms with Crippen molar-refractivity contribution in [2.45, 2.75) is 39.0 Å². The first-order valence-corrected chi connectivity index (χ1v) is 5.32. The maximum absolute atomic E-state index is 8.45. The fourth-order valence-corrected chi connectivity index (χ4v) is 2.16. The summed E-state index contributed by atoms with van der Waals surface area (Å²) in [6, 6.07) is 6.49. The minimum Gasteiger partial charge on any atom is -0.198 e. The second-order valence-corrected chi connectivity index (χ2v) is 5.34. The van der Waals surface area contributed by atoms with Crippen LogP contribution >= 0.6 is 11.3 Å². The first-order valence-electron chi connectivity index (χ1n) is 4.50. The first kappa shape index (κ1) is 10.3. The van der Waals surface area contributed by atoms with Crippen LogP contribution in [-0.2, 0) is 11.8 Å². The lowest BCUT2D eigenvalue weighted by Gasteiger charge is -2.15. The van der Waals surface area contributed by atoms with Gasteiger partial charge < -0.3 is 0 Å². The normalized spacial score (nSPS) is 11.2. The molecule has 13 heavy (non-hydrogen) atoms. The summed E-state index contributed by atoms with van der Waals surface area (Å²) >= 11 is 1.83. The van der Waals surface area contributed by atoms with E-state index < -0.39 is 0 Å². The van der Waals surface area contributed by atoms with E-state index in [1.165, 1.54) is 9.75 Å². The molecular weight excluding hydrogens is 178 g/mol. The van der Waals surface area contributed by atoms with Crippen molar-refractivity contribution in [2.24, 2.45) is 0 Å². The van der Waals surface area contributed by atoms with E-state index in [4.69, 9.17) is 5.26 Å². The molecule has 0 spiro atoms. The molecule has 2 heteroatoms. The summed E-state index contributed by atoms with van der Waals surface area (Å²) in [4.78, 5) is 2.73. The van der Waals surface area contributed by atoms with Gasteiger partial charge in [-0.1, -0.05) is 20.8 Å². The standard InChI is InChI=1S/C11H15NS/c1-11(2,3)10-7-6-9(13-10)5-4-8-12/h6-7H,4-5H2,1-3H3. The fraction of sp³-hybridized carbons (Fsp3) is 0.545. The Kier molecular flexibility index (Phi) is 3.11. The van der Waals surface area contributed by atoms with Gasteiger partial charge in [-0.05, 0) is 24.0 Å². The maximum atomic E-state index is 8.45. The zero-order chi connectivity index (χ0) is 9.90. The maximum Gasteiger partial charge on any atom is 0.0625 e. The highest BCUT2D eigenvalue weighted by Crippen LogP contribution is 2.29. The lowest BCUT2D eigenvalue weighted by Crippen LogP contribution is -2.07. The number of rotatable bonds is 2. The third kappa shape index (κ3) is 2.86. The van der Waals surface area contributed by atoms with Crippen LogP contribution in [0, 0.1) is 11.3 Å². The predicted octanol–water partition coefficient (Wildman–Crippen LogP) is 3.50. The van der Waals surface area contributed by atoms with Crippen LogP contribution in [0.25, 0.3) is 0 Å². The van der Waals surface area contributed by atoms with Gasteiger partial charge >= 0.3 is 0 Å². The molecule has 1 heterocycles. The van der Waals surface area contributed by atoms with Gasteiger partial charge in [-0.3, -0.25) is 0 Å². The van der Waals surface area contributed by atoms with Crippen LogP contribution < -0.4 is 0 Å². The van der Waals surface area contributed by atoms with Crippen LogP contribution in [0.5, 0.6) is 0 Å². The van der Waals surface area contributed by atoms with Gasteiger partial charge in [0.15, 0.2) is 0 Å². The minimum atomic E-state index is 0.246. The Hall–Kier alpha value is -0.810. The molecule has 0 radical (unpaired) electrons. The lowest BCUT2D eigenvalue weighted by atomic mass is 9.95. The molecule has 0 bridgehead atoms. The average molecular weight is 193 g/mol. The van der Waals surface area contributed by atoms with Crippen molar-refractivity contribution >= 4 is 11.3 Å². The van der Waals surface area contributed by atoms with Crippen molar-refractivity contribution < 1.29 is 0 Å². The minimum absolute atomic E-state index is 0.246. The van der Waals surface area contributed by atoms with E-state index in [0.717, 1.165) is 6.42 Å². The summed E-state index contributed by atoms with van der Waals surface area (Å²) in [5.41, 5.74) is 0.246. The molecular formula is C11H15NS. The Morgan fingerprint density at radius 3 is 2.54 bits per heavy atom. The molecule has 1 rings (SSSR count). The molecule has 70 valence electrons. The van der Waals surface area contributed by atoms with E-state index in [2.05, 4.69) is 39.0 Å². The Morgan fingerprint density at radius 2 is 2.08 bits per heavy atom. The molecule has 0 N–H and O–H groups in total. The summed E-state index contributed by atoms with van der Waals surface area (Å²) in [6.07, 6.45) is 1.53. The quantitative estimate of drug-likeness (QED) is 0.705. The second kappa shape index (κ2) is 3.93. The van der Waals surface area contributed by atoms with Gasteiger partial charge in [0.25, 0.3) is 0 Å². The van der Waals surface area contributed by atoms with Gasteiger partial charge in [0.2, 0.25) is 0 Å². The van der Waals surface area contributed by atoms with Crippen LogP contribution in [0.15, 0.2) is 12.1 Å². The van der Waals surface area contributed by atoms with Crippen molar-refractivity contribution in [3.05, 3.63) is 21.9 Å². The van der Waals surface area contributed by atoms with E-state index in [0.29, 0.717) is 6.42 Å². The number of thiophene rings is 1. The van der Waals surface area contributed by atoms with Crippen LogP contribution in [0.1, 0.15) is 36.9 Å². The van der Waals surface area contributed by atoms with Gasteiger partial charge in [0, 0.05) is 16.2 Å². The summed E-state index contributed by atoms with van der Waals surface area (Å²) in [6.45, 7) is 6.65. The Balaban J connectivity index is 2.71. The number of aryl methyl sites for hydroxylation is 1. The van der Waals surface area contributed by atoms with Crippen LogP contribution in [-0.4, -0.2) is 0 Å². The third-order valence-electron chi connectivity index (χ3n) is 1.88. The zero-order valence-electron chi connectivity index (χ0n) is 8.42. The van der Waals surface area contributed by atoms with Gasteiger partial charge in [0.1, 0.15) is 0 Å². The third-order valence-corrected chi connectivity index (χ3v) is 3.45. The summed E-state index contributed by atoms with van der Waals surface area (Å²) in [5.74, 6) is 0. The van der Waals surface area contributed by atoms with E-state index >= 15 is 0 Å². The number of hydrogen-bond donors (Lipinski definition) is 0. The molecule has 0 aromatic carbocycles. The van der Waals surface area contributed by atoms with Gasteiger partial charge in [-0.2, -0.15) is 5.26 Å². The molecule has 0 aliphatic rings. The Bertz CT molecular complexity index is 312. The molecule has 0 aliphatic heterocycles. The molecule has 0 aliphatic carbocycles. The smallest absolute Gasteiger partial charge is 0.0625 e. The largest absolute Gasteiger partial charge is 0.198 e. The molecule has 0 atom stereocenters. The van der Waals surface area contributed by atoms with Crippen LogP contribution in [0.2, 0.25) is 0 Å². The highest BCUT2D eigenvalue weighted by molar-refractivity contribution is 7.12. The number of nitrogens with zero attached hydrogens (tertiary/aromatic N) is 1. The lowest BCUT2D eigenvalue weighted by molar-refractivity contribution is 0.604. The van der Waals surface area contributed by atoms with Gasteiger partial charge in [-0.25, -0.2) is 0 Å². The Morgan fingerprint density at radius 1 is 1.38 bits per heavy atom. The first-order chi connectivity index (χ1) is 6.04. The van der Waals surface area contributed by atoms with E-state index in [-0.39, 0.29) is 5.41 Å². The van der Waals surface area contributed by atoms with E-state index in [1.54, 1.807) is 0 Å². The predicted molar refractivity (Wildman–Crippen MR) is 57.0 cm³/mol. The molecule has 1 nitrogen and oxygen atoms in total. The molecule has 0 unspecified atom stereocenters. The van der Waals surface area contributed by atoms with Gasteiger partial charge in [0.05, 0.1) is 6.07 Å². The summed E-state index contributed by atoms with van der Waals surface area (Å²) < 4.78 is 0. The average Bonchev–Trinajstić information content (AvgIpc) is 2.47. The van der Waals surface area contributed by atoms with Crippen molar-refractivity contribution in [1.82, 2.24) is 0 Å². The summed E-state index contributed by atoms with van der Waals surface area (Å²) in [7, 11) is 0. The highest BCUT2D eigenvalue weighted by atomic mass is 32.1. The Labute approximate surface area is 84.0 Å². The van der Waals surface area contributed by atoms with Crippen molar-refractivity contribution in [2.75, 3.05) is 0 Å². The highest BCUT2D eigenvalue weighted by Gasteiger charge is 2.15. The van der Waals surface area contributed by atoms with Crippen LogP contribution in [0.4, 0.5) is 0 Å². The number of hydrogen-bond acceptors (Lipinski definition) is 2. The SMILES string of the molecule is CC(C)(C)c1ccc(CCC#N)s1. The van der Waals surface area contributed by atoms with E-state index in [1.807, 2.05) is 11.3 Å². The number of nitriles is 1. The molecule has 1 aromatic heterocycles. The monoisotopic (exact) mass is 193 g/mol. The molecule has 1 aromatic rings. The van der Waals surface area contributed by atoms with Crippen molar-refractivity contribution in [3.8, 4) is 6.07 Å². The van der Waals surface area contributed by atoms with Crippen molar-refractivity contribution in [1.29, 1.82) is 5.26 Å². The summed E-state index contributed by atoms with van der Waals surface area (Å²) in [5, 5.41) is 8.45. The zero-order valence-corrected chi connectivity index (χ0v) is 9.24. The van der Waals surface area contributed by atoms with E-state index in [9.17, 15) is 0 Å². The molecule has 0 amide bonds. The van der Waals surface area contributed by atoms with Crippen molar-refractivity contribution in [3.63, 3.8) is 0 Å².